The van der Waals surface area contributed by atoms with E-state index < -0.39 is 11.9 Å². The average molecular weight is 437 g/mol. The second kappa shape index (κ2) is 15.8. The van der Waals surface area contributed by atoms with Crippen LogP contribution >= 0.6 is 0 Å². The number of hydrogen-bond acceptors (Lipinski definition) is 5. The second-order valence-electron chi connectivity index (χ2n) is 8.61. The first-order valence-electron chi connectivity index (χ1n) is 11.8. The van der Waals surface area contributed by atoms with E-state index in [-0.39, 0.29) is 36.6 Å². The molecule has 0 spiro atoms. The summed E-state index contributed by atoms with van der Waals surface area (Å²) in [4.78, 5) is 33.9. The van der Waals surface area contributed by atoms with E-state index in [4.69, 9.17) is 9.84 Å². The van der Waals surface area contributed by atoms with Gasteiger partial charge < -0.3 is 14.9 Å². The lowest BCUT2D eigenvalue weighted by atomic mass is 9.85. The molecule has 0 aliphatic heterocycles. The van der Waals surface area contributed by atoms with E-state index >= 15 is 0 Å². The lowest BCUT2D eigenvalue weighted by molar-refractivity contribution is -0.147. The standard InChI is InChI=1S/C25H40O6/c1-3-4-10-19(2)22(26)14-12-20-13-15-23(27)21(20)11-8-6-5-7-9-18-31-25(30)17-16-24(28)29/h6,8,13,15,19-22,26H,3-5,7,9-12,14,16-18H2,1-2H3,(H,28,29)/b8-6-/t19?,20-,21+,22+/m0/s1. The summed E-state index contributed by atoms with van der Waals surface area (Å²) in [6.07, 6.45) is 15.3. The van der Waals surface area contributed by atoms with Crippen molar-refractivity contribution in [3.05, 3.63) is 24.3 Å². The van der Waals surface area contributed by atoms with Gasteiger partial charge in [-0.15, -0.1) is 0 Å². The molecular formula is C25H40O6. The Morgan fingerprint density at radius 3 is 2.65 bits per heavy atom. The number of carboxylic acid groups (broad SMARTS) is 1. The van der Waals surface area contributed by atoms with Crippen molar-refractivity contribution in [1.29, 1.82) is 0 Å². The zero-order chi connectivity index (χ0) is 23.1. The van der Waals surface area contributed by atoms with Gasteiger partial charge in [-0.1, -0.05) is 44.9 Å². The van der Waals surface area contributed by atoms with E-state index in [1.807, 2.05) is 6.08 Å². The molecule has 0 aromatic rings. The van der Waals surface area contributed by atoms with Crippen molar-refractivity contribution in [1.82, 2.24) is 0 Å². The minimum Gasteiger partial charge on any atom is -0.481 e. The van der Waals surface area contributed by atoms with Gasteiger partial charge in [0, 0.05) is 5.92 Å². The Balaban J connectivity index is 2.21. The van der Waals surface area contributed by atoms with Gasteiger partial charge in [-0.2, -0.15) is 0 Å². The highest BCUT2D eigenvalue weighted by molar-refractivity contribution is 5.94. The van der Waals surface area contributed by atoms with E-state index in [2.05, 4.69) is 26.0 Å². The molecule has 0 aromatic heterocycles. The number of aliphatic carboxylic acids is 1. The molecule has 31 heavy (non-hydrogen) atoms. The zero-order valence-corrected chi connectivity index (χ0v) is 19.1. The Morgan fingerprint density at radius 1 is 1.16 bits per heavy atom. The van der Waals surface area contributed by atoms with Crippen LogP contribution in [-0.4, -0.2) is 40.6 Å². The van der Waals surface area contributed by atoms with Crippen LogP contribution in [0.4, 0.5) is 0 Å². The first-order valence-corrected chi connectivity index (χ1v) is 11.8. The molecule has 1 unspecified atom stereocenters. The number of rotatable bonds is 17. The van der Waals surface area contributed by atoms with E-state index in [0.29, 0.717) is 18.9 Å². The van der Waals surface area contributed by atoms with Crippen LogP contribution in [0.25, 0.3) is 0 Å². The molecule has 0 aromatic carbocycles. The van der Waals surface area contributed by atoms with Gasteiger partial charge in [0.05, 0.1) is 25.6 Å². The molecule has 176 valence electrons. The van der Waals surface area contributed by atoms with Gasteiger partial charge in [0.1, 0.15) is 0 Å². The fourth-order valence-electron chi connectivity index (χ4n) is 3.83. The Labute approximate surface area is 186 Å². The number of carbonyl (C=O) groups is 3. The lowest BCUT2D eigenvalue weighted by Gasteiger charge is -2.22. The van der Waals surface area contributed by atoms with Crippen LogP contribution in [0, 0.1) is 17.8 Å². The number of esters is 1. The van der Waals surface area contributed by atoms with Gasteiger partial charge in [-0.05, 0) is 62.9 Å². The number of ketones is 1. The molecule has 0 fully saturated rings. The van der Waals surface area contributed by atoms with E-state index in [1.54, 1.807) is 6.08 Å². The molecule has 1 aliphatic carbocycles. The fraction of sp³-hybridized carbons (Fsp3) is 0.720. The number of carboxylic acids is 1. The van der Waals surface area contributed by atoms with Gasteiger partial charge in [0.2, 0.25) is 0 Å². The van der Waals surface area contributed by atoms with Crippen LogP contribution in [-0.2, 0) is 19.1 Å². The summed E-state index contributed by atoms with van der Waals surface area (Å²) >= 11 is 0. The largest absolute Gasteiger partial charge is 0.481 e. The highest BCUT2D eigenvalue weighted by atomic mass is 16.5. The van der Waals surface area contributed by atoms with Crippen LogP contribution in [0.15, 0.2) is 24.3 Å². The Kier molecular flexibility index (Phi) is 13.8. The summed E-state index contributed by atoms with van der Waals surface area (Å²) in [6, 6.07) is 0. The molecule has 6 heteroatoms. The molecular weight excluding hydrogens is 396 g/mol. The molecule has 1 rings (SSSR count). The summed E-state index contributed by atoms with van der Waals surface area (Å²) < 4.78 is 4.99. The van der Waals surface area contributed by atoms with E-state index in [1.165, 1.54) is 0 Å². The topological polar surface area (TPSA) is 101 Å². The lowest BCUT2D eigenvalue weighted by Crippen LogP contribution is -2.21. The van der Waals surface area contributed by atoms with Crippen molar-refractivity contribution in [3.63, 3.8) is 0 Å². The molecule has 0 amide bonds. The molecule has 0 saturated carbocycles. The second-order valence-corrected chi connectivity index (χ2v) is 8.61. The van der Waals surface area contributed by atoms with E-state index in [0.717, 1.165) is 51.4 Å². The first-order chi connectivity index (χ1) is 14.8. The third kappa shape index (κ3) is 11.9. The van der Waals surface area contributed by atoms with Gasteiger partial charge >= 0.3 is 11.9 Å². The molecule has 0 heterocycles. The highest BCUT2D eigenvalue weighted by Gasteiger charge is 2.29. The van der Waals surface area contributed by atoms with Crippen molar-refractivity contribution in [2.75, 3.05) is 6.61 Å². The van der Waals surface area contributed by atoms with Crippen molar-refractivity contribution in [3.8, 4) is 0 Å². The third-order valence-electron chi connectivity index (χ3n) is 5.98. The van der Waals surface area contributed by atoms with E-state index in [9.17, 15) is 19.5 Å². The Bertz CT molecular complexity index is 609. The van der Waals surface area contributed by atoms with Crippen molar-refractivity contribution in [2.45, 2.75) is 90.6 Å². The number of unbranched alkanes of at least 4 members (excludes halogenated alkanes) is 3. The number of allylic oxidation sites excluding steroid dienone is 4. The van der Waals surface area contributed by atoms with Gasteiger partial charge in [-0.3, -0.25) is 14.4 Å². The Morgan fingerprint density at radius 2 is 1.94 bits per heavy atom. The highest BCUT2D eigenvalue weighted by Crippen LogP contribution is 2.31. The van der Waals surface area contributed by atoms with Crippen LogP contribution in [0.3, 0.4) is 0 Å². The number of aliphatic hydroxyl groups is 1. The normalized spacial score (nSPS) is 20.3. The number of carbonyl (C=O) groups excluding carboxylic acids is 2. The predicted molar refractivity (Wildman–Crippen MR) is 120 cm³/mol. The third-order valence-corrected chi connectivity index (χ3v) is 5.98. The maximum atomic E-state index is 12.2. The molecule has 2 N–H and O–H groups in total. The summed E-state index contributed by atoms with van der Waals surface area (Å²) in [7, 11) is 0. The van der Waals surface area contributed by atoms with Crippen LogP contribution in [0.5, 0.6) is 0 Å². The summed E-state index contributed by atoms with van der Waals surface area (Å²) in [5.41, 5.74) is 0. The minimum absolute atomic E-state index is 0.0235. The van der Waals surface area contributed by atoms with Gasteiger partial charge in [0.25, 0.3) is 0 Å². The minimum atomic E-state index is -1.00. The SMILES string of the molecule is CCCCC(C)[C@H](O)CC[C@H]1C=CC(=O)[C@@H]1C/C=C\CCCCOC(=O)CCC(=O)O. The average Bonchev–Trinajstić information content (AvgIpc) is 3.09. The number of ether oxygens (including phenoxy) is 1. The van der Waals surface area contributed by atoms with Crippen LogP contribution in [0.2, 0.25) is 0 Å². The monoisotopic (exact) mass is 436 g/mol. The zero-order valence-electron chi connectivity index (χ0n) is 19.1. The van der Waals surface area contributed by atoms with Gasteiger partial charge in [-0.25, -0.2) is 0 Å². The van der Waals surface area contributed by atoms with Crippen LogP contribution < -0.4 is 0 Å². The van der Waals surface area contributed by atoms with Crippen molar-refractivity contribution < 1.29 is 29.3 Å². The first kappa shape index (κ1) is 27.1. The van der Waals surface area contributed by atoms with Crippen molar-refractivity contribution in [2.24, 2.45) is 17.8 Å². The number of hydrogen-bond donors (Lipinski definition) is 2. The maximum Gasteiger partial charge on any atom is 0.306 e. The molecule has 1 aliphatic rings. The predicted octanol–water partition coefficient (Wildman–Crippen LogP) is 4.85. The summed E-state index contributed by atoms with van der Waals surface area (Å²) in [5, 5.41) is 18.9. The number of aliphatic hydroxyl groups excluding tert-OH is 1. The summed E-state index contributed by atoms with van der Waals surface area (Å²) in [5.74, 6) is -0.814. The molecule has 0 bridgehead atoms. The smallest absolute Gasteiger partial charge is 0.306 e. The molecule has 6 nitrogen and oxygen atoms in total. The Hall–Kier alpha value is -1.95. The quantitative estimate of drug-likeness (QED) is 0.192. The van der Waals surface area contributed by atoms with Crippen molar-refractivity contribution >= 4 is 17.7 Å². The van der Waals surface area contributed by atoms with Gasteiger partial charge in [0.15, 0.2) is 5.78 Å². The molecule has 0 radical (unpaired) electrons. The maximum absolute atomic E-state index is 12.2. The molecule has 4 atom stereocenters. The van der Waals surface area contributed by atoms with Crippen LogP contribution in [0.1, 0.15) is 84.5 Å². The summed E-state index contributed by atoms with van der Waals surface area (Å²) in [6.45, 7) is 4.57. The fourth-order valence-corrected chi connectivity index (χ4v) is 3.83. The molecule has 0 saturated heterocycles.